The third-order valence-electron chi connectivity index (χ3n) is 5.19. The minimum absolute atomic E-state index is 0.459. The Morgan fingerprint density at radius 2 is 1.60 bits per heavy atom. The van der Waals surface area contributed by atoms with Crippen molar-refractivity contribution >= 4 is 10.0 Å². The Labute approximate surface area is 98.5 Å². The van der Waals surface area contributed by atoms with E-state index in [1.807, 2.05) is 0 Å². The first kappa shape index (κ1) is 13.4. The van der Waals surface area contributed by atoms with E-state index in [-0.39, 0.29) is 0 Å². The van der Waals surface area contributed by atoms with Crippen LogP contribution in [0, 0.1) is 17.8 Å². The van der Waals surface area contributed by atoms with Gasteiger partial charge in [0, 0.05) is 4.75 Å². The minimum atomic E-state index is -0.459. The van der Waals surface area contributed by atoms with E-state index in [0.717, 1.165) is 23.0 Å². The molecule has 0 aromatic rings. The zero-order valence-electron chi connectivity index (χ0n) is 11.9. The molecule has 0 aromatic heterocycles. The molecule has 0 saturated heterocycles. The maximum Gasteiger partial charge on any atom is 0.00367 e. The highest BCUT2D eigenvalue weighted by Crippen LogP contribution is 2.76. The Balaban J connectivity index is 2.94. The van der Waals surface area contributed by atoms with Gasteiger partial charge in [-0.1, -0.05) is 48.0 Å². The molecule has 1 saturated carbocycles. The summed E-state index contributed by atoms with van der Waals surface area (Å²) in [6.45, 7) is 14.6. The molecular weight excluding hydrogens is 200 g/mol. The first-order chi connectivity index (χ1) is 6.71. The topological polar surface area (TPSA) is 0 Å². The molecule has 0 spiro atoms. The molecule has 0 nitrogen and oxygen atoms in total. The lowest BCUT2D eigenvalue weighted by molar-refractivity contribution is 0.506. The van der Waals surface area contributed by atoms with Crippen molar-refractivity contribution in [2.45, 2.75) is 58.0 Å². The molecule has 92 valence electrons. The zero-order chi connectivity index (χ0) is 12.0. The van der Waals surface area contributed by atoms with Crippen LogP contribution in [0.25, 0.3) is 0 Å². The molecule has 3 atom stereocenters. The molecule has 0 N–H and O–H groups in total. The number of hydrogen-bond donors (Lipinski definition) is 0. The Bertz CT molecular complexity index is 229. The van der Waals surface area contributed by atoms with Crippen molar-refractivity contribution in [3.63, 3.8) is 0 Å². The highest BCUT2D eigenvalue weighted by molar-refractivity contribution is 8.34. The minimum Gasteiger partial charge on any atom is -0.239 e. The van der Waals surface area contributed by atoms with Crippen LogP contribution in [-0.2, 0) is 0 Å². The van der Waals surface area contributed by atoms with Crippen LogP contribution in [0.4, 0.5) is 0 Å². The molecule has 0 amide bonds. The molecule has 1 fully saturated rings. The smallest absolute Gasteiger partial charge is 0.00367 e. The van der Waals surface area contributed by atoms with E-state index < -0.39 is 10.0 Å². The first-order valence-corrected chi connectivity index (χ1v) is 8.94. The van der Waals surface area contributed by atoms with Gasteiger partial charge in [-0.2, -0.15) is 0 Å². The van der Waals surface area contributed by atoms with Crippen LogP contribution in [0.3, 0.4) is 0 Å². The molecule has 3 unspecified atom stereocenters. The summed E-state index contributed by atoms with van der Waals surface area (Å²) in [7, 11) is -0.459. The van der Waals surface area contributed by atoms with E-state index in [1.54, 1.807) is 0 Å². The average Bonchev–Trinajstić information content (AvgIpc) is 2.72. The second-order valence-corrected chi connectivity index (χ2v) is 11.1. The fraction of sp³-hybridized carbons (Fsp3) is 1.00. The molecular formula is C14H30S. The van der Waals surface area contributed by atoms with E-state index in [9.17, 15) is 0 Å². The lowest BCUT2D eigenvalue weighted by atomic mass is 10.1. The van der Waals surface area contributed by atoms with Crippen molar-refractivity contribution in [1.29, 1.82) is 0 Å². The van der Waals surface area contributed by atoms with Gasteiger partial charge in [0.05, 0.1) is 0 Å². The molecule has 0 bridgehead atoms. The summed E-state index contributed by atoms with van der Waals surface area (Å²) in [5, 5.41) is 0.861. The lowest BCUT2D eigenvalue weighted by Gasteiger charge is -2.45. The van der Waals surface area contributed by atoms with Crippen LogP contribution >= 0.6 is 10.0 Å². The van der Waals surface area contributed by atoms with Gasteiger partial charge in [0.15, 0.2) is 0 Å². The summed E-state index contributed by atoms with van der Waals surface area (Å²) in [4.78, 5) is 0. The van der Waals surface area contributed by atoms with Crippen molar-refractivity contribution in [3.05, 3.63) is 0 Å². The Kier molecular flexibility index (Phi) is 3.56. The van der Waals surface area contributed by atoms with Gasteiger partial charge in [-0.05, 0) is 35.5 Å². The molecule has 1 heteroatoms. The van der Waals surface area contributed by atoms with E-state index >= 15 is 0 Å². The lowest BCUT2D eigenvalue weighted by Crippen LogP contribution is -2.26. The van der Waals surface area contributed by atoms with Crippen LogP contribution in [0.15, 0.2) is 0 Å². The van der Waals surface area contributed by atoms with E-state index in [4.69, 9.17) is 0 Å². The van der Waals surface area contributed by atoms with Crippen LogP contribution < -0.4 is 0 Å². The normalized spacial score (nSPS) is 37.5. The van der Waals surface area contributed by atoms with Crippen LogP contribution in [0.1, 0.15) is 48.0 Å². The van der Waals surface area contributed by atoms with Gasteiger partial charge in [0.2, 0.25) is 0 Å². The van der Waals surface area contributed by atoms with Gasteiger partial charge in [-0.3, -0.25) is 0 Å². The summed E-state index contributed by atoms with van der Waals surface area (Å²) in [6.07, 6.45) is 6.49. The van der Waals surface area contributed by atoms with Gasteiger partial charge in [-0.25, -0.2) is 10.0 Å². The second-order valence-electron chi connectivity index (χ2n) is 6.42. The van der Waals surface area contributed by atoms with Gasteiger partial charge in [0.1, 0.15) is 0 Å². The fourth-order valence-corrected chi connectivity index (χ4v) is 6.82. The van der Waals surface area contributed by atoms with Gasteiger partial charge in [-0.15, -0.1) is 0 Å². The summed E-state index contributed by atoms with van der Waals surface area (Å²) >= 11 is 0. The number of rotatable bonds is 4. The Morgan fingerprint density at radius 1 is 1.13 bits per heavy atom. The van der Waals surface area contributed by atoms with Crippen molar-refractivity contribution in [2.75, 3.05) is 12.5 Å². The molecule has 0 aromatic carbocycles. The predicted octanol–water partition coefficient (Wildman–Crippen LogP) is 4.53. The van der Waals surface area contributed by atoms with E-state index in [2.05, 4.69) is 54.1 Å². The van der Waals surface area contributed by atoms with Crippen molar-refractivity contribution in [3.8, 4) is 0 Å². The molecule has 0 aliphatic heterocycles. The van der Waals surface area contributed by atoms with E-state index in [1.165, 1.54) is 6.42 Å². The van der Waals surface area contributed by atoms with Crippen molar-refractivity contribution in [1.82, 2.24) is 0 Å². The van der Waals surface area contributed by atoms with E-state index in [0.29, 0.717) is 4.75 Å². The third-order valence-corrected chi connectivity index (χ3v) is 10.4. The molecule has 1 rings (SSSR count). The number of hydrogen-bond acceptors (Lipinski definition) is 0. The molecule has 0 heterocycles. The molecule has 1 aliphatic carbocycles. The third kappa shape index (κ3) is 1.75. The SMILES string of the molecule is CCC1C(C(C)C)C1(C)S(C)(C)C(C)C. The second kappa shape index (κ2) is 3.98. The summed E-state index contributed by atoms with van der Waals surface area (Å²) in [5.41, 5.74) is 0. The Hall–Kier alpha value is 0.350. The standard InChI is InChI=1S/C14H30S/c1-9-12-13(10(2)3)14(12,6)15(7,8)11(4)5/h10-13H,9H2,1-8H3. The Morgan fingerprint density at radius 3 is 1.80 bits per heavy atom. The largest absolute Gasteiger partial charge is 0.239 e. The van der Waals surface area contributed by atoms with Crippen molar-refractivity contribution in [2.24, 2.45) is 17.8 Å². The van der Waals surface area contributed by atoms with Gasteiger partial charge >= 0.3 is 0 Å². The van der Waals surface area contributed by atoms with Gasteiger partial charge in [0.25, 0.3) is 0 Å². The van der Waals surface area contributed by atoms with Crippen LogP contribution in [0.2, 0.25) is 0 Å². The molecule has 15 heavy (non-hydrogen) atoms. The van der Waals surface area contributed by atoms with Crippen LogP contribution in [-0.4, -0.2) is 22.5 Å². The van der Waals surface area contributed by atoms with Crippen LogP contribution in [0.5, 0.6) is 0 Å². The first-order valence-electron chi connectivity index (χ1n) is 6.43. The highest BCUT2D eigenvalue weighted by Gasteiger charge is 2.66. The average molecular weight is 230 g/mol. The quantitative estimate of drug-likeness (QED) is 0.665. The highest BCUT2D eigenvalue weighted by atomic mass is 32.3. The van der Waals surface area contributed by atoms with Gasteiger partial charge < -0.3 is 0 Å². The zero-order valence-corrected chi connectivity index (χ0v) is 12.7. The summed E-state index contributed by atoms with van der Waals surface area (Å²) < 4.78 is 0.657. The summed E-state index contributed by atoms with van der Waals surface area (Å²) in [5.74, 6) is 2.84. The maximum absolute atomic E-state index is 2.57. The maximum atomic E-state index is 2.57. The molecule has 0 radical (unpaired) electrons. The van der Waals surface area contributed by atoms with Crippen molar-refractivity contribution < 1.29 is 0 Å². The summed E-state index contributed by atoms with van der Waals surface area (Å²) in [6, 6.07) is 0. The molecule has 1 aliphatic rings. The monoisotopic (exact) mass is 230 g/mol. The predicted molar refractivity (Wildman–Crippen MR) is 75.1 cm³/mol. The fourth-order valence-electron chi connectivity index (χ4n) is 3.64.